The van der Waals surface area contributed by atoms with Crippen LogP contribution in [0.2, 0.25) is 0 Å². The number of carboxylic acids is 1. The van der Waals surface area contributed by atoms with Gasteiger partial charge in [-0.2, -0.15) is 0 Å². The average Bonchev–Trinajstić information content (AvgIpc) is 2.94. The first-order chi connectivity index (χ1) is 11.0. The maximum atomic E-state index is 12.1. The van der Waals surface area contributed by atoms with Gasteiger partial charge in [0.05, 0.1) is 13.1 Å². The number of amides is 1. The molecule has 0 aromatic heterocycles. The van der Waals surface area contributed by atoms with Crippen molar-refractivity contribution in [2.45, 2.75) is 18.9 Å². The van der Waals surface area contributed by atoms with Crippen molar-refractivity contribution in [3.05, 3.63) is 23.8 Å². The standard InChI is InChI=1S/C16H20N2O5/c19-12-2-1-3-13(15(12)16(21)22)23-11-8-18(9-11)14(20)6-10-4-5-17-7-10/h1-3,10-11,17,19H,4-9H2,(H,21,22). The van der Waals surface area contributed by atoms with E-state index < -0.39 is 5.97 Å². The predicted molar refractivity (Wildman–Crippen MR) is 81.7 cm³/mol. The van der Waals surface area contributed by atoms with Crippen LogP contribution in [0.3, 0.4) is 0 Å². The van der Waals surface area contributed by atoms with E-state index in [1.54, 1.807) is 4.90 Å². The molecule has 124 valence electrons. The molecule has 1 atom stereocenters. The molecule has 2 aliphatic heterocycles. The van der Waals surface area contributed by atoms with Crippen LogP contribution in [-0.2, 0) is 4.79 Å². The van der Waals surface area contributed by atoms with E-state index in [1.807, 2.05) is 0 Å². The molecule has 1 unspecified atom stereocenters. The van der Waals surface area contributed by atoms with E-state index in [0.717, 1.165) is 19.5 Å². The van der Waals surface area contributed by atoms with Crippen LogP contribution in [0.1, 0.15) is 23.2 Å². The van der Waals surface area contributed by atoms with Gasteiger partial charge in [0.2, 0.25) is 5.91 Å². The number of nitrogens with one attached hydrogen (secondary N) is 1. The molecule has 23 heavy (non-hydrogen) atoms. The lowest BCUT2D eigenvalue weighted by atomic mass is 10.0. The van der Waals surface area contributed by atoms with Gasteiger partial charge in [0.15, 0.2) is 0 Å². The number of likely N-dealkylation sites (tertiary alicyclic amines) is 1. The second-order valence-electron chi connectivity index (χ2n) is 6.06. The number of benzene rings is 1. The third-order valence-corrected chi connectivity index (χ3v) is 4.34. The van der Waals surface area contributed by atoms with Crippen LogP contribution in [-0.4, -0.2) is 59.3 Å². The SMILES string of the molecule is O=C(O)c1c(O)cccc1OC1CN(C(=O)CC2CCNC2)C1. The highest BCUT2D eigenvalue weighted by molar-refractivity contribution is 5.94. The van der Waals surface area contributed by atoms with E-state index >= 15 is 0 Å². The van der Waals surface area contributed by atoms with Crippen LogP contribution in [0.25, 0.3) is 0 Å². The summed E-state index contributed by atoms with van der Waals surface area (Å²) in [6.45, 7) is 2.77. The second kappa shape index (κ2) is 6.45. The lowest BCUT2D eigenvalue weighted by Crippen LogP contribution is -2.56. The summed E-state index contributed by atoms with van der Waals surface area (Å²) in [7, 11) is 0. The Balaban J connectivity index is 1.53. The fraction of sp³-hybridized carbons (Fsp3) is 0.500. The van der Waals surface area contributed by atoms with Crippen LogP contribution in [0.5, 0.6) is 11.5 Å². The molecule has 3 rings (SSSR count). The van der Waals surface area contributed by atoms with Crippen molar-refractivity contribution in [2.24, 2.45) is 5.92 Å². The molecule has 0 saturated carbocycles. The van der Waals surface area contributed by atoms with E-state index in [0.29, 0.717) is 25.4 Å². The van der Waals surface area contributed by atoms with Crippen LogP contribution in [0.4, 0.5) is 0 Å². The van der Waals surface area contributed by atoms with E-state index in [2.05, 4.69) is 5.32 Å². The van der Waals surface area contributed by atoms with Crippen molar-refractivity contribution in [3.63, 3.8) is 0 Å². The Morgan fingerprint density at radius 1 is 1.35 bits per heavy atom. The number of aromatic hydroxyl groups is 1. The third-order valence-electron chi connectivity index (χ3n) is 4.34. The maximum absolute atomic E-state index is 12.1. The second-order valence-corrected chi connectivity index (χ2v) is 6.06. The van der Waals surface area contributed by atoms with Gasteiger partial charge in [0, 0.05) is 6.42 Å². The fourth-order valence-electron chi connectivity index (χ4n) is 2.99. The number of carbonyl (C=O) groups excluding carboxylic acids is 1. The van der Waals surface area contributed by atoms with E-state index in [4.69, 9.17) is 9.84 Å². The van der Waals surface area contributed by atoms with Gasteiger partial charge in [0.1, 0.15) is 23.2 Å². The number of carboxylic acid groups (broad SMARTS) is 1. The van der Waals surface area contributed by atoms with E-state index in [1.165, 1.54) is 18.2 Å². The molecule has 0 aliphatic carbocycles. The van der Waals surface area contributed by atoms with Crippen molar-refractivity contribution < 1.29 is 24.5 Å². The largest absolute Gasteiger partial charge is 0.507 e. The molecule has 2 saturated heterocycles. The Morgan fingerprint density at radius 2 is 2.13 bits per heavy atom. The zero-order valence-electron chi connectivity index (χ0n) is 12.7. The Bertz CT molecular complexity index is 606. The Morgan fingerprint density at radius 3 is 2.78 bits per heavy atom. The number of nitrogens with zero attached hydrogens (tertiary/aromatic N) is 1. The van der Waals surface area contributed by atoms with Gasteiger partial charge in [0.25, 0.3) is 0 Å². The first kappa shape index (κ1) is 15.6. The molecular formula is C16H20N2O5. The summed E-state index contributed by atoms with van der Waals surface area (Å²) >= 11 is 0. The Hall–Kier alpha value is -2.28. The Kier molecular flexibility index (Phi) is 4.38. The van der Waals surface area contributed by atoms with Crippen LogP contribution in [0.15, 0.2) is 18.2 Å². The van der Waals surface area contributed by atoms with Gasteiger partial charge < -0.3 is 25.2 Å². The summed E-state index contributed by atoms with van der Waals surface area (Å²) in [6, 6.07) is 4.35. The first-order valence-corrected chi connectivity index (χ1v) is 7.75. The Labute approximate surface area is 133 Å². The lowest BCUT2D eigenvalue weighted by molar-refractivity contribution is -0.140. The van der Waals surface area contributed by atoms with Crippen molar-refractivity contribution in [3.8, 4) is 11.5 Å². The minimum Gasteiger partial charge on any atom is -0.507 e. The van der Waals surface area contributed by atoms with Gasteiger partial charge in [-0.25, -0.2) is 4.79 Å². The predicted octanol–water partition coefficient (Wildman–Crippen LogP) is 0.680. The monoisotopic (exact) mass is 320 g/mol. The number of phenols is 1. The summed E-state index contributed by atoms with van der Waals surface area (Å²) in [5.74, 6) is -0.898. The number of rotatable bonds is 5. The number of hydrogen-bond donors (Lipinski definition) is 3. The molecule has 2 fully saturated rings. The average molecular weight is 320 g/mol. The third kappa shape index (κ3) is 3.39. The molecule has 1 aromatic carbocycles. The summed E-state index contributed by atoms with van der Waals surface area (Å²) < 4.78 is 5.63. The van der Waals surface area contributed by atoms with Gasteiger partial charge in [-0.1, -0.05) is 6.07 Å². The zero-order valence-corrected chi connectivity index (χ0v) is 12.7. The molecule has 1 aromatic rings. The van der Waals surface area contributed by atoms with E-state index in [9.17, 15) is 14.7 Å². The van der Waals surface area contributed by atoms with Crippen LogP contribution < -0.4 is 10.1 Å². The molecule has 0 spiro atoms. The van der Waals surface area contributed by atoms with Crippen molar-refractivity contribution in [1.29, 1.82) is 0 Å². The highest BCUT2D eigenvalue weighted by Gasteiger charge is 2.34. The zero-order chi connectivity index (χ0) is 16.4. The molecule has 2 heterocycles. The lowest BCUT2D eigenvalue weighted by Gasteiger charge is -2.39. The van der Waals surface area contributed by atoms with Crippen molar-refractivity contribution >= 4 is 11.9 Å². The summed E-state index contributed by atoms with van der Waals surface area (Å²) in [5.41, 5.74) is -0.241. The molecule has 2 aliphatic rings. The maximum Gasteiger partial charge on any atom is 0.343 e. The van der Waals surface area contributed by atoms with E-state index in [-0.39, 0.29) is 29.1 Å². The molecule has 7 nitrogen and oxygen atoms in total. The molecule has 1 amide bonds. The van der Waals surface area contributed by atoms with Crippen LogP contribution >= 0.6 is 0 Å². The van der Waals surface area contributed by atoms with Gasteiger partial charge >= 0.3 is 5.97 Å². The topological polar surface area (TPSA) is 99.1 Å². The minimum atomic E-state index is -1.24. The smallest absolute Gasteiger partial charge is 0.343 e. The highest BCUT2D eigenvalue weighted by atomic mass is 16.5. The molecule has 3 N–H and O–H groups in total. The quantitative estimate of drug-likeness (QED) is 0.738. The summed E-state index contributed by atoms with van der Waals surface area (Å²) in [4.78, 5) is 25.0. The fourth-order valence-corrected chi connectivity index (χ4v) is 2.99. The minimum absolute atomic E-state index is 0.118. The van der Waals surface area contributed by atoms with Gasteiger partial charge in [-0.3, -0.25) is 4.79 Å². The van der Waals surface area contributed by atoms with Gasteiger partial charge in [-0.05, 0) is 37.6 Å². The molecule has 7 heteroatoms. The van der Waals surface area contributed by atoms with Crippen molar-refractivity contribution in [2.75, 3.05) is 26.2 Å². The first-order valence-electron chi connectivity index (χ1n) is 7.75. The molecule has 0 bridgehead atoms. The highest BCUT2D eigenvalue weighted by Crippen LogP contribution is 2.29. The van der Waals surface area contributed by atoms with Gasteiger partial charge in [-0.15, -0.1) is 0 Å². The number of aromatic carboxylic acids is 1. The number of carbonyl (C=O) groups is 2. The summed E-state index contributed by atoms with van der Waals surface area (Å²) in [6.07, 6.45) is 1.34. The number of hydrogen-bond acceptors (Lipinski definition) is 5. The number of ether oxygens (including phenoxy) is 1. The summed E-state index contributed by atoms with van der Waals surface area (Å²) in [5, 5.41) is 22.0. The van der Waals surface area contributed by atoms with Crippen molar-refractivity contribution in [1.82, 2.24) is 10.2 Å². The molecule has 0 radical (unpaired) electrons. The normalized spacial score (nSPS) is 21.0. The molecular weight excluding hydrogens is 300 g/mol. The van der Waals surface area contributed by atoms with Crippen LogP contribution in [0, 0.1) is 5.92 Å².